The number of hydrogen-bond donors (Lipinski definition) is 0. The van der Waals surface area contributed by atoms with E-state index in [0.717, 1.165) is 4.47 Å². The van der Waals surface area contributed by atoms with Crippen LogP contribution in [0, 0.1) is 0 Å². The van der Waals surface area contributed by atoms with Crippen molar-refractivity contribution in [2.75, 3.05) is 31.1 Å². The van der Waals surface area contributed by atoms with Crippen molar-refractivity contribution in [3.8, 4) is 0 Å². The van der Waals surface area contributed by atoms with Crippen molar-refractivity contribution in [1.29, 1.82) is 0 Å². The first-order valence-electron chi connectivity index (χ1n) is 9.14. The van der Waals surface area contributed by atoms with Gasteiger partial charge in [-0.15, -0.1) is 0 Å². The number of aromatic nitrogens is 2. The van der Waals surface area contributed by atoms with E-state index in [1.807, 2.05) is 17.0 Å². The van der Waals surface area contributed by atoms with Gasteiger partial charge in [-0.3, -0.25) is 4.79 Å². The molecule has 1 aromatic heterocycles. The Morgan fingerprint density at radius 1 is 0.931 bits per heavy atom. The third-order valence-corrected chi connectivity index (χ3v) is 7.13. The van der Waals surface area contributed by atoms with Crippen LogP contribution in [-0.4, -0.2) is 55.4 Å². The third-order valence-electron chi connectivity index (χ3n) is 4.92. The molecule has 29 heavy (non-hydrogen) atoms. The number of benzene rings is 2. The Bertz CT molecular complexity index is 1170. The van der Waals surface area contributed by atoms with E-state index in [9.17, 15) is 13.2 Å². The first-order chi connectivity index (χ1) is 13.9. The summed E-state index contributed by atoms with van der Waals surface area (Å²) >= 11 is 3.33. The van der Waals surface area contributed by atoms with Gasteiger partial charge in [0.1, 0.15) is 0 Å². The van der Waals surface area contributed by atoms with Crippen LogP contribution in [0.4, 0.5) is 5.82 Å². The summed E-state index contributed by atoms with van der Waals surface area (Å²) < 4.78 is 27.6. The Labute approximate surface area is 177 Å². The topological polar surface area (TPSA) is 83.5 Å². The number of carbonyl (C=O) groups is 1. The molecule has 7 nitrogen and oxygen atoms in total. The van der Waals surface area contributed by atoms with Crippen LogP contribution in [0.25, 0.3) is 11.0 Å². The van der Waals surface area contributed by atoms with E-state index in [-0.39, 0.29) is 15.8 Å². The number of nitrogens with zero attached hydrogens (tertiary/aromatic N) is 4. The highest BCUT2D eigenvalue weighted by molar-refractivity contribution is 9.10. The second-order valence-corrected chi connectivity index (χ2v) is 9.57. The van der Waals surface area contributed by atoms with Crippen LogP contribution in [0.1, 0.15) is 6.92 Å². The Kier molecular flexibility index (Phi) is 5.26. The molecule has 2 heterocycles. The highest BCUT2D eigenvalue weighted by Gasteiger charge is 2.30. The predicted octanol–water partition coefficient (Wildman–Crippen LogP) is 2.89. The fourth-order valence-corrected chi connectivity index (χ4v) is 4.93. The molecule has 0 unspecified atom stereocenters. The molecule has 1 aliphatic rings. The van der Waals surface area contributed by atoms with Crippen LogP contribution in [0.3, 0.4) is 0 Å². The first kappa shape index (κ1) is 19.8. The maximum Gasteiger partial charge on any atom is 0.227 e. The van der Waals surface area contributed by atoms with Crippen molar-refractivity contribution < 1.29 is 13.2 Å². The van der Waals surface area contributed by atoms with Gasteiger partial charge in [0.15, 0.2) is 5.82 Å². The highest BCUT2D eigenvalue weighted by atomic mass is 79.9. The van der Waals surface area contributed by atoms with E-state index in [1.165, 1.54) is 6.92 Å². The van der Waals surface area contributed by atoms with Gasteiger partial charge in [0.25, 0.3) is 0 Å². The van der Waals surface area contributed by atoms with Gasteiger partial charge < -0.3 is 9.80 Å². The summed E-state index contributed by atoms with van der Waals surface area (Å²) in [5.41, 5.74) is 1.15. The number of amides is 1. The Morgan fingerprint density at radius 3 is 2.10 bits per heavy atom. The summed E-state index contributed by atoms with van der Waals surface area (Å²) in [5.74, 6) is 0.340. The quantitative estimate of drug-likeness (QED) is 0.580. The van der Waals surface area contributed by atoms with Crippen molar-refractivity contribution in [1.82, 2.24) is 14.9 Å². The lowest BCUT2D eigenvalue weighted by Gasteiger charge is -2.35. The number of hydrogen-bond acceptors (Lipinski definition) is 6. The minimum atomic E-state index is -3.87. The number of anilines is 1. The standard InChI is InChI=1S/C20H19BrN4O3S/c1-14(26)24-10-12-25(13-11-24)19-20(23-18-5-3-2-4-17(18)22-19)29(27,28)16-8-6-15(21)7-9-16/h2-9H,10-13H2,1H3. The predicted molar refractivity (Wildman–Crippen MR) is 114 cm³/mol. The molecule has 2 aromatic carbocycles. The molecule has 3 aromatic rings. The van der Waals surface area contributed by atoms with E-state index in [2.05, 4.69) is 25.9 Å². The molecule has 1 fully saturated rings. The lowest BCUT2D eigenvalue weighted by molar-refractivity contribution is -0.129. The molecule has 0 bridgehead atoms. The minimum absolute atomic E-state index is 0.0111. The van der Waals surface area contributed by atoms with E-state index >= 15 is 0 Å². The Balaban J connectivity index is 1.83. The van der Waals surface area contributed by atoms with E-state index in [4.69, 9.17) is 0 Å². The SMILES string of the molecule is CC(=O)N1CCN(c2nc3ccccc3nc2S(=O)(=O)c2ccc(Br)cc2)CC1. The molecular weight excluding hydrogens is 456 g/mol. The molecule has 1 saturated heterocycles. The second-order valence-electron chi connectivity index (χ2n) is 6.79. The van der Waals surface area contributed by atoms with Crippen molar-refractivity contribution in [2.45, 2.75) is 16.8 Å². The average Bonchev–Trinajstić information content (AvgIpc) is 2.73. The van der Waals surface area contributed by atoms with Gasteiger partial charge in [-0.1, -0.05) is 28.1 Å². The number of sulfone groups is 1. The summed E-state index contributed by atoms with van der Waals surface area (Å²) in [6.07, 6.45) is 0. The summed E-state index contributed by atoms with van der Waals surface area (Å²) in [6.45, 7) is 3.56. The summed E-state index contributed by atoms with van der Waals surface area (Å²) in [7, 11) is -3.87. The van der Waals surface area contributed by atoms with Crippen molar-refractivity contribution >= 4 is 48.5 Å². The van der Waals surface area contributed by atoms with Gasteiger partial charge in [-0.25, -0.2) is 18.4 Å². The van der Waals surface area contributed by atoms with Crippen LogP contribution >= 0.6 is 15.9 Å². The molecule has 1 aliphatic heterocycles. The third kappa shape index (κ3) is 3.84. The van der Waals surface area contributed by atoms with Crippen molar-refractivity contribution in [2.24, 2.45) is 0 Å². The molecular formula is C20H19BrN4O3S. The van der Waals surface area contributed by atoms with Crippen LogP contribution in [-0.2, 0) is 14.6 Å². The van der Waals surface area contributed by atoms with Crippen LogP contribution in [0.15, 0.2) is 62.9 Å². The monoisotopic (exact) mass is 474 g/mol. The first-order valence-corrected chi connectivity index (χ1v) is 11.4. The number of halogens is 1. The molecule has 0 aliphatic carbocycles. The largest absolute Gasteiger partial charge is 0.351 e. The van der Waals surface area contributed by atoms with Gasteiger partial charge in [0.2, 0.25) is 20.8 Å². The summed E-state index contributed by atoms with van der Waals surface area (Å²) in [4.78, 5) is 24.6. The van der Waals surface area contributed by atoms with Gasteiger partial charge >= 0.3 is 0 Å². The van der Waals surface area contributed by atoms with Crippen LogP contribution in [0.2, 0.25) is 0 Å². The molecule has 1 amide bonds. The van der Waals surface area contributed by atoms with E-state index in [0.29, 0.717) is 43.0 Å². The van der Waals surface area contributed by atoms with Gasteiger partial charge in [0.05, 0.1) is 15.9 Å². The van der Waals surface area contributed by atoms with Crippen molar-refractivity contribution in [3.05, 3.63) is 53.0 Å². The molecule has 9 heteroatoms. The highest BCUT2D eigenvalue weighted by Crippen LogP contribution is 2.30. The number of rotatable bonds is 3. The van der Waals surface area contributed by atoms with Gasteiger partial charge in [-0.2, -0.15) is 0 Å². The molecule has 0 N–H and O–H groups in total. The van der Waals surface area contributed by atoms with Crippen LogP contribution in [0.5, 0.6) is 0 Å². The van der Waals surface area contributed by atoms with E-state index < -0.39 is 9.84 Å². The average molecular weight is 475 g/mol. The van der Waals surface area contributed by atoms with Crippen molar-refractivity contribution in [3.63, 3.8) is 0 Å². The zero-order valence-corrected chi connectivity index (χ0v) is 18.1. The van der Waals surface area contributed by atoms with Crippen LogP contribution < -0.4 is 4.90 Å². The molecule has 0 radical (unpaired) electrons. The van der Waals surface area contributed by atoms with Gasteiger partial charge in [0, 0.05) is 37.6 Å². The number of para-hydroxylation sites is 2. The van der Waals surface area contributed by atoms with E-state index in [1.54, 1.807) is 41.3 Å². The lowest BCUT2D eigenvalue weighted by Crippen LogP contribution is -2.48. The zero-order chi connectivity index (χ0) is 20.6. The smallest absolute Gasteiger partial charge is 0.227 e. The second kappa shape index (κ2) is 7.72. The summed E-state index contributed by atoms with van der Waals surface area (Å²) in [5, 5.41) is -0.0604. The molecule has 150 valence electrons. The molecule has 0 spiro atoms. The number of carbonyl (C=O) groups excluding carboxylic acids is 1. The Hall–Kier alpha value is -2.52. The number of fused-ring (bicyclic) bond motifs is 1. The minimum Gasteiger partial charge on any atom is -0.351 e. The number of piperazine rings is 1. The molecule has 0 atom stereocenters. The normalized spacial score (nSPS) is 15.0. The maximum absolute atomic E-state index is 13.4. The summed E-state index contributed by atoms with van der Waals surface area (Å²) in [6, 6.07) is 13.7. The lowest BCUT2D eigenvalue weighted by atomic mass is 10.3. The maximum atomic E-state index is 13.4. The molecule has 4 rings (SSSR count). The Morgan fingerprint density at radius 2 is 1.52 bits per heavy atom. The fourth-order valence-electron chi connectivity index (χ4n) is 3.32. The molecule has 0 saturated carbocycles. The fraction of sp³-hybridized carbons (Fsp3) is 0.250. The zero-order valence-electron chi connectivity index (χ0n) is 15.7. The van der Waals surface area contributed by atoms with Gasteiger partial charge in [-0.05, 0) is 36.4 Å².